The van der Waals surface area contributed by atoms with Crippen LogP contribution in [-0.2, 0) is 0 Å². The molecule has 2 aliphatic carbocycles. The maximum absolute atomic E-state index is 9.03. The summed E-state index contributed by atoms with van der Waals surface area (Å²) >= 11 is 0. The molecule has 2 atom stereocenters. The summed E-state index contributed by atoms with van der Waals surface area (Å²) in [6.45, 7) is 3.83. The highest BCUT2D eigenvalue weighted by atomic mass is 16.3. The Kier molecular flexibility index (Phi) is 4.26. The van der Waals surface area contributed by atoms with E-state index in [0.29, 0.717) is 12.0 Å². The predicted octanol–water partition coefficient (Wildman–Crippen LogP) is 2.71. The van der Waals surface area contributed by atoms with Crippen molar-refractivity contribution < 1.29 is 5.11 Å². The summed E-state index contributed by atoms with van der Waals surface area (Å²) in [5.41, 5.74) is 0.480. The molecule has 0 saturated heterocycles. The van der Waals surface area contributed by atoms with Crippen LogP contribution in [0.3, 0.4) is 0 Å². The molecule has 16 heavy (non-hydrogen) atoms. The zero-order valence-corrected chi connectivity index (χ0v) is 10.7. The van der Waals surface area contributed by atoms with Gasteiger partial charge in [0.05, 0.1) is 0 Å². The van der Waals surface area contributed by atoms with Gasteiger partial charge in [0.15, 0.2) is 0 Å². The largest absolute Gasteiger partial charge is 0.396 e. The van der Waals surface area contributed by atoms with Crippen LogP contribution in [0.5, 0.6) is 0 Å². The van der Waals surface area contributed by atoms with E-state index in [1.807, 2.05) is 0 Å². The Bertz CT molecular complexity index is 213. The van der Waals surface area contributed by atoms with Gasteiger partial charge in [-0.15, -0.1) is 0 Å². The van der Waals surface area contributed by atoms with Gasteiger partial charge in [0.2, 0.25) is 0 Å². The molecule has 2 unspecified atom stereocenters. The number of rotatable bonds is 6. The molecule has 2 nitrogen and oxygen atoms in total. The molecular weight excluding hydrogens is 198 g/mol. The Hall–Kier alpha value is -0.0800. The molecule has 2 fully saturated rings. The van der Waals surface area contributed by atoms with Gasteiger partial charge in [-0.3, -0.25) is 0 Å². The first-order valence-electron chi connectivity index (χ1n) is 7.12. The van der Waals surface area contributed by atoms with E-state index in [1.165, 1.54) is 44.9 Å². The van der Waals surface area contributed by atoms with Crippen LogP contribution in [0, 0.1) is 11.3 Å². The Labute approximate surface area is 99.8 Å². The van der Waals surface area contributed by atoms with E-state index in [1.54, 1.807) is 0 Å². The van der Waals surface area contributed by atoms with Crippen molar-refractivity contribution >= 4 is 0 Å². The lowest BCUT2D eigenvalue weighted by Crippen LogP contribution is -2.37. The van der Waals surface area contributed by atoms with Crippen LogP contribution in [0.15, 0.2) is 0 Å². The molecule has 0 radical (unpaired) electrons. The Morgan fingerprint density at radius 3 is 2.75 bits per heavy atom. The molecule has 94 valence electrons. The lowest BCUT2D eigenvalue weighted by molar-refractivity contribution is 0.227. The van der Waals surface area contributed by atoms with Gasteiger partial charge >= 0.3 is 0 Å². The third-order valence-electron chi connectivity index (χ3n) is 4.73. The molecular formula is C14H27NO. The monoisotopic (exact) mass is 225 g/mol. The van der Waals surface area contributed by atoms with Gasteiger partial charge in [-0.25, -0.2) is 0 Å². The minimum Gasteiger partial charge on any atom is -0.396 e. The van der Waals surface area contributed by atoms with Crippen molar-refractivity contribution in [3.8, 4) is 0 Å². The van der Waals surface area contributed by atoms with Crippen molar-refractivity contribution in [1.29, 1.82) is 0 Å². The van der Waals surface area contributed by atoms with Crippen LogP contribution in [0.4, 0.5) is 0 Å². The van der Waals surface area contributed by atoms with Gasteiger partial charge in [0, 0.05) is 19.2 Å². The van der Waals surface area contributed by atoms with Crippen molar-refractivity contribution in [2.24, 2.45) is 11.3 Å². The van der Waals surface area contributed by atoms with Crippen LogP contribution in [0.1, 0.15) is 58.3 Å². The molecule has 0 bridgehead atoms. The highest BCUT2D eigenvalue weighted by Gasteiger charge is 2.41. The highest BCUT2D eigenvalue weighted by Crippen LogP contribution is 2.48. The molecule has 0 aromatic heterocycles. The number of nitrogens with one attached hydrogen (secondary N) is 1. The van der Waals surface area contributed by atoms with E-state index in [4.69, 9.17) is 5.11 Å². The average molecular weight is 225 g/mol. The van der Waals surface area contributed by atoms with Gasteiger partial charge in [0.1, 0.15) is 0 Å². The second-order valence-electron chi connectivity index (χ2n) is 5.99. The third-order valence-corrected chi connectivity index (χ3v) is 4.73. The van der Waals surface area contributed by atoms with Crippen LogP contribution < -0.4 is 5.32 Å². The number of hydrogen-bond acceptors (Lipinski definition) is 2. The fraction of sp³-hybridized carbons (Fsp3) is 1.00. The van der Waals surface area contributed by atoms with Crippen molar-refractivity contribution in [2.45, 2.75) is 64.3 Å². The average Bonchev–Trinajstić information content (AvgIpc) is 3.08. The summed E-state index contributed by atoms with van der Waals surface area (Å²) in [6.07, 6.45) is 10.6. The van der Waals surface area contributed by atoms with Gasteiger partial charge in [-0.05, 0) is 43.4 Å². The van der Waals surface area contributed by atoms with Crippen molar-refractivity contribution in [3.05, 3.63) is 0 Å². The van der Waals surface area contributed by atoms with Gasteiger partial charge in [0.25, 0.3) is 0 Å². The van der Waals surface area contributed by atoms with E-state index in [0.717, 1.165) is 24.9 Å². The molecule has 0 amide bonds. The SMILES string of the molecule is CCC1CCCC(NCC2(CCO)CC2)C1. The highest BCUT2D eigenvalue weighted by molar-refractivity contribution is 4.95. The van der Waals surface area contributed by atoms with Gasteiger partial charge in [-0.1, -0.05) is 26.2 Å². The first kappa shape index (κ1) is 12.4. The van der Waals surface area contributed by atoms with Crippen molar-refractivity contribution in [1.82, 2.24) is 5.32 Å². The van der Waals surface area contributed by atoms with Gasteiger partial charge < -0.3 is 10.4 Å². The first-order chi connectivity index (χ1) is 7.78. The molecule has 2 saturated carbocycles. The fourth-order valence-electron chi connectivity index (χ4n) is 3.14. The second kappa shape index (κ2) is 5.50. The predicted molar refractivity (Wildman–Crippen MR) is 67.4 cm³/mol. The molecule has 0 aliphatic heterocycles. The molecule has 2 rings (SSSR count). The minimum absolute atomic E-state index is 0.365. The zero-order chi connectivity index (χ0) is 11.4. The topological polar surface area (TPSA) is 32.3 Å². The summed E-state index contributed by atoms with van der Waals surface area (Å²) in [5.74, 6) is 0.958. The maximum atomic E-state index is 9.03. The summed E-state index contributed by atoms with van der Waals surface area (Å²) in [6, 6.07) is 0.759. The third kappa shape index (κ3) is 3.21. The number of hydrogen-bond donors (Lipinski definition) is 2. The van der Waals surface area contributed by atoms with E-state index in [-0.39, 0.29) is 0 Å². The molecule has 2 aliphatic rings. The molecule has 2 heteroatoms. The van der Waals surface area contributed by atoms with Crippen LogP contribution in [-0.4, -0.2) is 24.3 Å². The summed E-state index contributed by atoms with van der Waals surface area (Å²) in [5, 5.41) is 12.8. The van der Waals surface area contributed by atoms with Crippen LogP contribution in [0.25, 0.3) is 0 Å². The fourth-order valence-corrected chi connectivity index (χ4v) is 3.14. The summed E-state index contributed by atoms with van der Waals surface area (Å²) in [7, 11) is 0. The normalized spacial score (nSPS) is 32.6. The Morgan fingerprint density at radius 2 is 2.12 bits per heavy atom. The lowest BCUT2D eigenvalue weighted by atomic mass is 9.84. The Morgan fingerprint density at radius 1 is 1.31 bits per heavy atom. The van der Waals surface area contributed by atoms with E-state index in [9.17, 15) is 0 Å². The Balaban J connectivity index is 1.69. The molecule has 0 aromatic carbocycles. The van der Waals surface area contributed by atoms with E-state index >= 15 is 0 Å². The standard InChI is InChI=1S/C14H27NO/c1-2-12-4-3-5-13(10-12)15-11-14(6-7-14)8-9-16/h12-13,15-16H,2-11H2,1H3. The molecule has 0 spiro atoms. The zero-order valence-electron chi connectivity index (χ0n) is 10.7. The summed E-state index contributed by atoms with van der Waals surface area (Å²) in [4.78, 5) is 0. The number of aliphatic hydroxyl groups excluding tert-OH is 1. The lowest BCUT2D eigenvalue weighted by Gasteiger charge is -2.30. The first-order valence-corrected chi connectivity index (χ1v) is 7.12. The molecule has 0 heterocycles. The van der Waals surface area contributed by atoms with E-state index < -0.39 is 0 Å². The van der Waals surface area contributed by atoms with Crippen molar-refractivity contribution in [2.75, 3.05) is 13.2 Å². The quantitative estimate of drug-likeness (QED) is 0.728. The maximum Gasteiger partial charge on any atom is 0.0436 e. The minimum atomic E-state index is 0.365. The van der Waals surface area contributed by atoms with Crippen LogP contribution in [0.2, 0.25) is 0 Å². The van der Waals surface area contributed by atoms with Crippen molar-refractivity contribution in [3.63, 3.8) is 0 Å². The van der Waals surface area contributed by atoms with E-state index in [2.05, 4.69) is 12.2 Å². The molecule has 2 N–H and O–H groups in total. The van der Waals surface area contributed by atoms with Crippen LogP contribution >= 0.6 is 0 Å². The number of aliphatic hydroxyl groups is 1. The van der Waals surface area contributed by atoms with Gasteiger partial charge in [-0.2, -0.15) is 0 Å². The molecule has 0 aromatic rings. The summed E-state index contributed by atoms with van der Waals surface area (Å²) < 4.78 is 0. The smallest absolute Gasteiger partial charge is 0.0436 e. The second-order valence-corrected chi connectivity index (χ2v) is 5.99.